The molecular formula is C15H21ClN4OS. The fourth-order valence-corrected chi connectivity index (χ4v) is 3.34. The standard InChI is InChI=1S/C15H20N4OS.ClH/c1-15(2,12-4-3-9-21-12)14(20)17-13-6-8-19(18-13)11-5-7-16-10-11;/h3-4,6,8-9,11,16H,5,7,10H2,1-2H3,(H,17,18,20);1H. The average Bonchev–Trinajstić information content (AvgIpc) is 3.20. The second-order valence-corrected chi connectivity index (χ2v) is 6.83. The van der Waals surface area contributed by atoms with Gasteiger partial charge in [-0.2, -0.15) is 5.10 Å². The predicted molar refractivity (Wildman–Crippen MR) is 92.0 cm³/mol. The molecule has 7 heteroatoms. The van der Waals surface area contributed by atoms with Gasteiger partial charge in [-0.05, 0) is 38.3 Å². The molecule has 0 bridgehead atoms. The highest BCUT2D eigenvalue weighted by atomic mass is 35.5. The number of halogens is 1. The van der Waals surface area contributed by atoms with Crippen molar-refractivity contribution in [2.24, 2.45) is 0 Å². The Morgan fingerprint density at radius 2 is 2.32 bits per heavy atom. The molecule has 1 saturated heterocycles. The van der Waals surface area contributed by atoms with Gasteiger partial charge < -0.3 is 10.6 Å². The average molecular weight is 341 g/mol. The number of nitrogens with one attached hydrogen (secondary N) is 2. The summed E-state index contributed by atoms with van der Waals surface area (Å²) in [5.41, 5.74) is -0.549. The Bertz CT molecular complexity index is 617. The molecule has 1 aliphatic heterocycles. The van der Waals surface area contributed by atoms with Gasteiger partial charge in [-0.1, -0.05) is 6.07 Å². The van der Waals surface area contributed by atoms with Crippen LogP contribution >= 0.6 is 23.7 Å². The van der Waals surface area contributed by atoms with Gasteiger partial charge in [0.25, 0.3) is 0 Å². The van der Waals surface area contributed by atoms with E-state index in [0.717, 1.165) is 24.4 Å². The first-order chi connectivity index (χ1) is 10.1. The lowest BCUT2D eigenvalue weighted by molar-refractivity contribution is -0.120. The van der Waals surface area contributed by atoms with Crippen LogP contribution in [-0.2, 0) is 10.2 Å². The first-order valence-electron chi connectivity index (χ1n) is 7.18. The zero-order valence-corrected chi connectivity index (χ0v) is 14.3. The summed E-state index contributed by atoms with van der Waals surface area (Å²) in [7, 11) is 0. The molecule has 0 aliphatic carbocycles. The Morgan fingerprint density at radius 1 is 1.50 bits per heavy atom. The van der Waals surface area contributed by atoms with Gasteiger partial charge in [0.05, 0.1) is 11.5 Å². The van der Waals surface area contributed by atoms with Crippen molar-refractivity contribution in [1.29, 1.82) is 0 Å². The number of thiophene rings is 1. The maximum absolute atomic E-state index is 12.5. The van der Waals surface area contributed by atoms with Crippen molar-refractivity contribution in [3.8, 4) is 0 Å². The number of rotatable bonds is 4. The van der Waals surface area contributed by atoms with Gasteiger partial charge in [-0.15, -0.1) is 23.7 Å². The van der Waals surface area contributed by atoms with Crippen LogP contribution in [0.2, 0.25) is 0 Å². The van der Waals surface area contributed by atoms with E-state index >= 15 is 0 Å². The zero-order valence-electron chi connectivity index (χ0n) is 12.7. The molecule has 1 fully saturated rings. The minimum atomic E-state index is -0.549. The van der Waals surface area contributed by atoms with E-state index in [1.807, 2.05) is 48.3 Å². The first-order valence-corrected chi connectivity index (χ1v) is 8.06. The molecule has 0 aromatic carbocycles. The summed E-state index contributed by atoms with van der Waals surface area (Å²) in [5, 5.41) is 12.7. The van der Waals surface area contributed by atoms with Crippen molar-refractivity contribution < 1.29 is 4.79 Å². The Hall–Kier alpha value is -1.37. The Morgan fingerprint density at radius 3 is 2.95 bits per heavy atom. The molecule has 2 aromatic rings. The highest BCUT2D eigenvalue weighted by Gasteiger charge is 2.31. The summed E-state index contributed by atoms with van der Waals surface area (Å²) in [4.78, 5) is 13.6. The van der Waals surface area contributed by atoms with Gasteiger partial charge in [-0.3, -0.25) is 9.48 Å². The summed E-state index contributed by atoms with van der Waals surface area (Å²) in [6.45, 7) is 5.84. The topological polar surface area (TPSA) is 59.0 Å². The molecule has 3 rings (SSSR count). The summed E-state index contributed by atoms with van der Waals surface area (Å²) >= 11 is 1.60. The quantitative estimate of drug-likeness (QED) is 0.899. The smallest absolute Gasteiger partial charge is 0.236 e. The summed E-state index contributed by atoms with van der Waals surface area (Å²) < 4.78 is 1.94. The Balaban J connectivity index is 0.00000176. The molecule has 3 heterocycles. The molecule has 22 heavy (non-hydrogen) atoms. The molecule has 1 unspecified atom stereocenters. The van der Waals surface area contributed by atoms with Crippen LogP contribution < -0.4 is 10.6 Å². The molecule has 5 nitrogen and oxygen atoms in total. The molecule has 2 aromatic heterocycles. The highest BCUT2D eigenvalue weighted by molar-refractivity contribution is 7.10. The van der Waals surface area contributed by atoms with E-state index in [-0.39, 0.29) is 18.3 Å². The number of carbonyl (C=O) groups excluding carboxylic acids is 1. The van der Waals surface area contributed by atoms with Gasteiger partial charge in [0, 0.05) is 23.7 Å². The van der Waals surface area contributed by atoms with Crippen molar-refractivity contribution in [3.63, 3.8) is 0 Å². The number of anilines is 1. The van der Waals surface area contributed by atoms with Crippen molar-refractivity contribution >= 4 is 35.5 Å². The van der Waals surface area contributed by atoms with E-state index in [9.17, 15) is 4.79 Å². The van der Waals surface area contributed by atoms with Crippen LogP contribution in [0.4, 0.5) is 5.82 Å². The van der Waals surface area contributed by atoms with Crippen LogP contribution in [-0.4, -0.2) is 28.8 Å². The minimum Gasteiger partial charge on any atom is -0.315 e. The number of hydrogen-bond acceptors (Lipinski definition) is 4. The maximum Gasteiger partial charge on any atom is 0.236 e. The molecule has 1 amide bonds. The molecular weight excluding hydrogens is 320 g/mol. The predicted octanol–water partition coefficient (Wildman–Crippen LogP) is 2.82. The zero-order chi connectivity index (χ0) is 14.9. The van der Waals surface area contributed by atoms with Crippen LogP contribution in [0, 0.1) is 0 Å². The Kier molecular flexibility index (Phi) is 5.26. The number of aromatic nitrogens is 2. The van der Waals surface area contributed by atoms with Gasteiger partial charge in [0.15, 0.2) is 5.82 Å². The van der Waals surface area contributed by atoms with Crippen molar-refractivity contribution in [3.05, 3.63) is 34.7 Å². The van der Waals surface area contributed by atoms with Gasteiger partial charge >= 0.3 is 0 Å². The van der Waals surface area contributed by atoms with Gasteiger partial charge in [-0.25, -0.2) is 0 Å². The van der Waals surface area contributed by atoms with Crippen LogP contribution in [0.15, 0.2) is 29.8 Å². The van der Waals surface area contributed by atoms with Crippen molar-refractivity contribution in [2.45, 2.75) is 31.7 Å². The molecule has 0 saturated carbocycles. The normalized spacial score (nSPS) is 18.0. The lowest BCUT2D eigenvalue weighted by Crippen LogP contribution is -2.34. The third-order valence-corrected chi connectivity index (χ3v) is 5.16. The van der Waals surface area contributed by atoms with E-state index in [1.54, 1.807) is 11.3 Å². The third-order valence-electron chi connectivity index (χ3n) is 3.96. The lowest BCUT2D eigenvalue weighted by atomic mass is 9.90. The number of carbonyl (C=O) groups is 1. The molecule has 0 radical (unpaired) electrons. The van der Waals surface area contributed by atoms with E-state index in [4.69, 9.17) is 0 Å². The highest BCUT2D eigenvalue weighted by Crippen LogP contribution is 2.28. The molecule has 1 aliphatic rings. The third kappa shape index (κ3) is 3.34. The molecule has 1 atom stereocenters. The maximum atomic E-state index is 12.5. The SMILES string of the molecule is CC(C)(C(=O)Nc1ccn(C2CCNC2)n1)c1cccs1.Cl. The second-order valence-electron chi connectivity index (χ2n) is 5.88. The summed E-state index contributed by atoms with van der Waals surface area (Å²) in [6, 6.07) is 6.21. The molecule has 2 N–H and O–H groups in total. The minimum absolute atomic E-state index is 0. The fourth-order valence-electron chi connectivity index (χ4n) is 2.49. The van der Waals surface area contributed by atoms with Crippen molar-refractivity contribution in [2.75, 3.05) is 18.4 Å². The first kappa shape index (κ1) is 17.0. The summed E-state index contributed by atoms with van der Waals surface area (Å²) in [5.74, 6) is 0.594. The lowest BCUT2D eigenvalue weighted by Gasteiger charge is -2.21. The monoisotopic (exact) mass is 340 g/mol. The van der Waals surface area contributed by atoms with Crippen LogP contribution in [0.1, 0.15) is 31.2 Å². The molecule has 0 spiro atoms. The fraction of sp³-hybridized carbons (Fsp3) is 0.467. The molecule has 120 valence electrons. The van der Waals surface area contributed by atoms with Crippen LogP contribution in [0.3, 0.4) is 0 Å². The van der Waals surface area contributed by atoms with Crippen molar-refractivity contribution in [1.82, 2.24) is 15.1 Å². The van der Waals surface area contributed by atoms with Gasteiger partial charge in [0.2, 0.25) is 5.91 Å². The number of hydrogen-bond donors (Lipinski definition) is 2. The van der Waals surface area contributed by atoms with E-state index in [1.165, 1.54) is 0 Å². The Labute approximate surface area is 140 Å². The number of amides is 1. The van der Waals surface area contributed by atoms with Crippen LogP contribution in [0.5, 0.6) is 0 Å². The largest absolute Gasteiger partial charge is 0.315 e. The van der Waals surface area contributed by atoms with Gasteiger partial charge in [0.1, 0.15) is 0 Å². The van der Waals surface area contributed by atoms with E-state index in [2.05, 4.69) is 15.7 Å². The van der Waals surface area contributed by atoms with E-state index < -0.39 is 5.41 Å². The number of nitrogens with zero attached hydrogens (tertiary/aromatic N) is 2. The van der Waals surface area contributed by atoms with E-state index in [0.29, 0.717) is 11.9 Å². The van der Waals surface area contributed by atoms with Crippen LogP contribution in [0.25, 0.3) is 0 Å². The summed E-state index contributed by atoms with van der Waals surface area (Å²) in [6.07, 6.45) is 3.02. The second kappa shape index (κ2) is 6.81.